The van der Waals surface area contributed by atoms with Crippen LogP contribution < -0.4 is 5.32 Å². The van der Waals surface area contributed by atoms with Gasteiger partial charge in [0.2, 0.25) is 0 Å². The molecule has 0 aliphatic rings. The van der Waals surface area contributed by atoms with E-state index in [4.69, 9.17) is 9.84 Å². The van der Waals surface area contributed by atoms with Crippen molar-refractivity contribution >= 4 is 17.7 Å². The first-order valence-corrected chi connectivity index (χ1v) is 7.78. The summed E-state index contributed by atoms with van der Waals surface area (Å²) in [5.74, 6) is 1.65. The maximum Gasteiger partial charge on any atom is 0.325 e. The van der Waals surface area contributed by atoms with E-state index < -0.39 is 5.54 Å². The zero-order valence-electron chi connectivity index (χ0n) is 11.8. The molecule has 108 valence electrons. The van der Waals surface area contributed by atoms with Crippen LogP contribution in [0.2, 0.25) is 0 Å². The molecule has 4 nitrogen and oxygen atoms in total. The normalized spacial score (nSPS) is 14.2. The fourth-order valence-corrected chi connectivity index (χ4v) is 2.48. The average molecular weight is 277 g/mol. The second kappa shape index (κ2) is 10.6. The van der Waals surface area contributed by atoms with Crippen molar-refractivity contribution < 1.29 is 14.6 Å². The molecule has 18 heavy (non-hydrogen) atoms. The van der Waals surface area contributed by atoms with E-state index in [0.717, 1.165) is 43.7 Å². The zero-order valence-corrected chi connectivity index (χ0v) is 12.6. The largest absolute Gasteiger partial charge is 0.468 e. The Morgan fingerprint density at radius 3 is 2.67 bits per heavy atom. The molecule has 0 aliphatic carbocycles. The highest BCUT2D eigenvalue weighted by molar-refractivity contribution is 7.99. The summed E-state index contributed by atoms with van der Waals surface area (Å²) >= 11 is 1.75. The number of ether oxygens (including phenoxy) is 1. The number of nitrogens with one attached hydrogen (secondary N) is 1. The monoisotopic (exact) mass is 277 g/mol. The van der Waals surface area contributed by atoms with Crippen molar-refractivity contribution in [3.63, 3.8) is 0 Å². The highest BCUT2D eigenvalue weighted by Gasteiger charge is 2.32. The van der Waals surface area contributed by atoms with Gasteiger partial charge in [0.1, 0.15) is 5.54 Å². The lowest BCUT2D eigenvalue weighted by atomic mass is 9.95. The number of methoxy groups -OCH3 is 1. The van der Waals surface area contributed by atoms with Crippen LogP contribution in [0.3, 0.4) is 0 Å². The third-order valence-corrected chi connectivity index (χ3v) is 3.90. The number of rotatable bonds is 11. The van der Waals surface area contributed by atoms with E-state index in [1.54, 1.807) is 11.8 Å². The first-order chi connectivity index (χ1) is 8.60. The Hall–Kier alpha value is -0.260. The Morgan fingerprint density at radius 2 is 2.11 bits per heavy atom. The first-order valence-electron chi connectivity index (χ1n) is 6.62. The molecule has 0 saturated carbocycles. The van der Waals surface area contributed by atoms with Gasteiger partial charge >= 0.3 is 5.97 Å². The molecule has 0 amide bonds. The van der Waals surface area contributed by atoms with Gasteiger partial charge in [0.25, 0.3) is 0 Å². The summed E-state index contributed by atoms with van der Waals surface area (Å²) in [4.78, 5) is 11.8. The van der Waals surface area contributed by atoms with Gasteiger partial charge in [0.05, 0.1) is 13.7 Å². The molecule has 0 aliphatic heterocycles. The number of thioether (sulfide) groups is 1. The Morgan fingerprint density at radius 1 is 1.39 bits per heavy atom. The molecule has 0 bridgehead atoms. The van der Waals surface area contributed by atoms with Crippen LogP contribution in [-0.2, 0) is 9.53 Å². The molecule has 0 aromatic heterocycles. The van der Waals surface area contributed by atoms with Crippen LogP contribution in [0, 0.1) is 0 Å². The second-order valence-corrected chi connectivity index (χ2v) is 5.77. The predicted molar refractivity (Wildman–Crippen MR) is 77.0 cm³/mol. The molecule has 0 aromatic rings. The highest BCUT2D eigenvalue weighted by Crippen LogP contribution is 2.17. The van der Waals surface area contributed by atoms with E-state index in [9.17, 15) is 4.79 Å². The third-order valence-electron chi connectivity index (χ3n) is 2.85. The van der Waals surface area contributed by atoms with E-state index >= 15 is 0 Å². The molecule has 0 spiro atoms. The average Bonchev–Trinajstić information content (AvgIpc) is 2.39. The highest BCUT2D eigenvalue weighted by atomic mass is 32.2. The van der Waals surface area contributed by atoms with Crippen molar-refractivity contribution in [2.45, 2.75) is 45.1 Å². The topological polar surface area (TPSA) is 58.6 Å². The molecule has 1 atom stereocenters. The fraction of sp³-hybridized carbons (Fsp3) is 0.923. The number of carbonyl (C=O) groups excluding carboxylic acids is 1. The van der Waals surface area contributed by atoms with Gasteiger partial charge in [0.15, 0.2) is 0 Å². The molecule has 0 rings (SSSR count). The van der Waals surface area contributed by atoms with Crippen LogP contribution in [0.5, 0.6) is 0 Å². The number of hydrogen-bond donors (Lipinski definition) is 2. The number of aliphatic hydroxyl groups excluding tert-OH is 1. The number of carbonyl (C=O) groups is 1. The lowest BCUT2D eigenvalue weighted by molar-refractivity contribution is -0.148. The summed E-state index contributed by atoms with van der Waals surface area (Å²) in [6.07, 6.45) is 3.84. The SMILES string of the molecule is CCCNC(C)(CCCCSCCO)C(=O)OC. The summed E-state index contributed by atoms with van der Waals surface area (Å²) in [7, 11) is 1.44. The maximum atomic E-state index is 11.8. The quantitative estimate of drug-likeness (QED) is 0.445. The molecule has 0 radical (unpaired) electrons. The summed E-state index contributed by atoms with van der Waals surface area (Å²) < 4.78 is 4.87. The summed E-state index contributed by atoms with van der Waals surface area (Å²) in [6.45, 7) is 5.05. The van der Waals surface area contributed by atoms with Crippen molar-refractivity contribution in [2.75, 3.05) is 31.8 Å². The van der Waals surface area contributed by atoms with Crippen LogP contribution in [-0.4, -0.2) is 48.4 Å². The standard InChI is InChI=1S/C13H27NO3S/c1-4-8-14-13(2,12(16)17-3)7-5-6-10-18-11-9-15/h14-15H,4-11H2,1-3H3. The van der Waals surface area contributed by atoms with Gasteiger partial charge in [-0.3, -0.25) is 4.79 Å². The number of esters is 1. The molecule has 0 fully saturated rings. The zero-order chi connectivity index (χ0) is 13.9. The van der Waals surface area contributed by atoms with Crippen LogP contribution in [0.25, 0.3) is 0 Å². The molecule has 5 heteroatoms. The van der Waals surface area contributed by atoms with Crippen molar-refractivity contribution in [1.29, 1.82) is 0 Å². The summed E-state index contributed by atoms with van der Waals surface area (Å²) in [5.41, 5.74) is -0.563. The van der Waals surface area contributed by atoms with E-state index in [1.807, 2.05) is 6.92 Å². The van der Waals surface area contributed by atoms with Crippen LogP contribution >= 0.6 is 11.8 Å². The lowest BCUT2D eigenvalue weighted by Crippen LogP contribution is -2.50. The minimum Gasteiger partial charge on any atom is -0.468 e. The van der Waals surface area contributed by atoms with E-state index in [2.05, 4.69) is 12.2 Å². The van der Waals surface area contributed by atoms with Gasteiger partial charge in [-0.15, -0.1) is 0 Å². The number of aliphatic hydroxyl groups is 1. The molecule has 0 aromatic carbocycles. The van der Waals surface area contributed by atoms with Gasteiger partial charge in [-0.2, -0.15) is 11.8 Å². The van der Waals surface area contributed by atoms with Crippen molar-refractivity contribution in [3.8, 4) is 0 Å². The van der Waals surface area contributed by atoms with E-state index in [-0.39, 0.29) is 12.6 Å². The van der Waals surface area contributed by atoms with Gasteiger partial charge in [0, 0.05) is 5.75 Å². The van der Waals surface area contributed by atoms with Gasteiger partial charge in [-0.05, 0) is 38.5 Å². The minimum absolute atomic E-state index is 0.182. The lowest BCUT2D eigenvalue weighted by Gasteiger charge is -2.28. The Bertz CT molecular complexity index is 226. The van der Waals surface area contributed by atoms with Crippen LogP contribution in [0.4, 0.5) is 0 Å². The molecule has 1 unspecified atom stereocenters. The Balaban J connectivity index is 3.97. The van der Waals surface area contributed by atoms with Crippen LogP contribution in [0.1, 0.15) is 39.5 Å². The van der Waals surface area contributed by atoms with E-state index in [0.29, 0.717) is 0 Å². The smallest absolute Gasteiger partial charge is 0.325 e. The molecule has 2 N–H and O–H groups in total. The Labute approximate surface area is 115 Å². The number of unbranched alkanes of at least 4 members (excludes halogenated alkanes) is 1. The Kier molecular flexibility index (Phi) is 10.5. The van der Waals surface area contributed by atoms with Gasteiger partial charge in [-0.25, -0.2) is 0 Å². The molecule has 0 saturated heterocycles. The fourth-order valence-electron chi connectivity index (χ4n) is 1.74. The molecular formula is C13H27NO3S. The minimum atomic E-state index is -0.563. The van der Waals surface area contributed by atoms with Crippen molar-refractivity contribution in [3.05, 3.63) is 0 Å². The van der Waals surface area contributed by atoms with Crippen LogP contribution in [0.15, 0.2) is 0 Å². The first kappa shape index (κ1) is 17.7. The molecule has 0 heterocycles. The summed E-state index contributed by atoms with van der Waals surface area (Å²) in [6, 6.07) is 0. The third kappa shape index (κ3) is 7.24. The molecular weight excluding hydrogens is 250 g/mol. The van der Waals surface area contributed by atoms with Gasteiger partial charge < -0.3 is 15.2 Å². The summed E-state index contributed by atoms with van der Waals surface area (Å²) in [5, 5.41) is 11.9. The van der Waals surface area contributed by atoms with Crippen molar-refractivity contribution in [1.82, 2.24) is 5.32 Å². The van der Waals surface area contributed by atoms with Crippen molar-refractivity contribution in [2.24, 2.45) is 0 Å². The van der Waals surface area contributed by atoms with Gasteiger partial charge in [-0.1, -0.05) is 13.3 Å². The second-order valence-electron chi connectivity index (χ2n) is 4.54. The number of hydrogen-bond acceptors (Lipinski definition) is 5. The predicted octanol–water partition coefficient (Wildman–Crippen LogP) is 1.81. The van der Waals surface area contributed by atoms with E-state index in [1.165, 1.54) is 7.11 Å². The maximum absolute atomic E-state index is 11.8.